The Bertz CT molecular complexity index is 1200. The van der Waals surface area contributed by atoms with E-state index in [1.807, 2.05) is 38.2 Å². The lowest BCUT2D eigenvalue weighted by Gasteiger charge is -2.21. The van der Waals surface area contributed by atoms with Crippen molar-refractivity contribution in [2.24, 2.45) is 7.05 Å². The van der Waals surface area contributed by atoms with Crippen molar-refractivity contribution >= 4 is 34.3 Å². The Balaban J connectivity index is 0.00000316. The van der Waals surface area contributed by atoms with E-state index in [-0.39, 0.29) is 26.7 Å². The van der Waals surface area contributed by atoms with Crippen LogP contribution in [0.1, 0.15) is 49.5 Å². The van der Waals surface area contributed by atoms with Crippen LogP contribution in [-0.2, 0) is 18.3 Å². The van der Waals surface area contributed by atoms with E-state index in [2.05, 4.69) is 41.3 Å². The van der Waals surface area contributed by atoms with E-state index >= 15 is 0 Å². The van der Waals surface area contributed by atoms with Crippen LogP contribution in [0.2, 0.25) is 0 Å². The Kier molecular flexibility index (Phi) is 10.5. The third-order valence-electron chi connectivity index (χ3n) is 5.48. The highest BCUT2D eigenvalue weighted by molar-refractivity contribution is 5.85. The van der Waals surface area contributed by atoms with E-state index in [1.165, 1.54) is 11.6 Å². The number of aryl methyl sites for hydroxylation is 2. The maximum Gasteiger partial charge on any atom is 0.293 e. The molecular formula is C26H42N6O3. The third-order valence-corrected chi connectivity index (χ3v) is 5.48. The molecule has 194 valence electrons. The van der Waals surface area contributed by atoms with E-state index < -0.39 is 0 Å². The van der Waals surface area contributed by atoms with E-state index in [1.54, 1.807) is 13.1 Å². The molecule has 0 saturated carbocycles. The van der Waals surface area contributed by atoms with Crippen molar-refractivity contribution in [1.29, 1.82) is 0 Å². The highest BCUT2D eigenvalue weighted by Gasteiger charge is 2.13. The summed E-state index contributed by atoms with van der Waals surface area (Å²) in [6.07, 6.45) is 3.68. The average Bonchev–Trinajstić information content (AvgIpc) is 2.89. The molecular weight excluding hydrogens is 444 g/mol. The van der Waals surface area contributed by atoms with E-state index in [0.29, 0.717) is 5.95 Å². The topological polar surface area (TPSA) is 101 Å². The predicted molar refractivity (Wildman–Crippen MR) is 147 cm³/mol. The Morgan fingerprint density at radius 2 is 1.94 bits per heavy atom. The number of hydrogen-bond acceptors (Lipinski definition) is 7. The van der Waals surface area contributed by atoms with Gasteiger partial charge in [0, 0.05) is 52.9 Å². The van der Waals surface area contributed by atoms with Crippen molar-refractivity contribution in [3.05, 3.63) is 46.4 Å². The summed E-state index contributed by atoms with van der Waals surface area (Å²) in [6.45, 7) is 11.8. The van der Waals surface area contributed by atoms with Gasteiger partial charge in [-0.3, -0.25) is 9.59 Å². The predicted octanol–water partition coefficient (Wildman–Crippen LogP) is 4.51. The molecule has 0 unspecified atom stereocenters. The average molecular weight is 487 g/mol. The van der Waals surface area contributed by atoms with Gasteiger partial charge >= 0.3 is 0 Å². The summed E-state index contributed by atoms with van der Waals surface area (Å²) in [6, 6.07) is 7.40. The number of amides is 1. The molecule has 0 spiro atoms. The Morgan fingerprint density at radius 3 is 2.57 bits per heavy atom. The quantitative estimate of drug-likeness (QED) is 0.435. The fourth-order valence-electron chi connectivity index (χ4n) is 3.57. The van der Waals surface area contributed by atoms with Gasteiger partial charge in [0.2, 0.25) is 5.95 Å². The van der Waals surface area contributed by atoms with Gasteiger partial charge in [0.05, 0.1) is 5.52 Å². The molecule has 1 amide bonds. The van der Waals surface area contributed by atoms with Crippen LogP contribution in [0, 0.1) is 0 Å². The molecule has 0 fully saturated rings. The van der Waals surface area contributed by atoms with Crippen LogP contribution in [-0.4, -0.2) is 47.2 Å². The van der Waals surface area contributed by atoms with Gasteiger partial charge in [-0.25, -0.2) is 4.98 Å². The normalized spacial score (nSPS) is 10.4. The van der Waals surface area contributed by atoms with Crippen LogP contribution in [0.25, 0.3) is 10.9 Å². The van der Waals surface area contributed by atoms with Crippen LogP contribution in [0.4, 0.5) is 17.5 Å². The first-order chi connectivity index (χ1) is 16.9. The summed E-state index contributed by atoms with van der Waals surface area (Å²) < 4.78 is 6.97. The molecule has 35 heavy (non-hydrogen) atoms. The number of hydrogen-bond donors (Lipinski definition) is 2. The number of carbonyl (C=O) groups excluding carboxylic acids is 1. The van der Waals surface area contributed by atoms with Crippen molar-refractivity contribution in [2.45, 2.75) is 47.5 Å². The summed E-state index contributed by atoms with van der Waals surface area (Å²) in [5, 5.41) is 6.71. The molecule has 3 rings (SSSR count). The van der Waals surface area contributed by atoms with Crippen LogP contribution < -0.4 is 25.8 Å². The number of rotatable bonds is 10. The van der Waals surface area contributed by atoms with Gasteiger partial charge in [0.15, 0.2) is 12.4 Å². The number of pyridine rings is 1. The number of aromatic nitrogens is 3. The number of likely N-dealkylation sites (N-methyl/N-ethyl adjacent to an activating group) is 1. The van der Waals surface area contributed by atoms with Crippen LogP contribution in [0.15, 0.2) is 35.3 Å². The molecule has 0 atom stereocenters. The first kappa shape index (κ1) is 27.6. The number of anilines is 3. The molecule has 2 N–H and O–H groups in total. The van der Waals surface area contributed by atoms with Crippen molar-refractivity contribution in [2.75, 3.05) is 37.0 Å². The van der Waals surface area contributed by atoms with Crippen LogP contribution >= 0.6 is 0 Å². The van der Waals surface area contributed by atoms with Crippen molar-refractivity contribution in [3.63, 3.8) is 0 Å². The van der Waals surface area contributed by atoms with Crippen molar-refractivity contribution < 1.29 is 12.4 Å². The number of nitrogens with one attached hydrogen (secondary N) is 2. The number of benzene rings is 1. The number of fused-ring (bicyclic) bond motifs is 1. The second kappa shape index (κ2) is 13.3. The van der Waals surface area contributed by atoms with Gasteiger partial charge in [-0.15, -0.1) is 0 Å². The second-order valence-corrected chi connectivity index (χ2v) is 7.71. The number of ether oxygens (including phenoxy) is 1. The molecule has 9 heteroatoms. The summed E-state index contributed by atoms with van der Waals surface area (Å²) >= 11 is 0. The summed E-state index contributed by atoms with van der Waals surface area (Å²) in [4.78, 5) is 35.6. The summed E-state index contributed by atoms with van der Waals surface area (Å²) in [7, 11) is 3.21. The molecule has 1 aromatic carbocycles. The number of carbonyl (C=O) groups is 1. The minimum absolute atomic E-state index is 0. The maximum atomic E-state index is 12.6. The Labute approximate surface area is 210 Å². The maximum absolute atomic E-state index is 12.6. The molecule has 0 bridgehead atoms. The van der Waals surface area contributed by atoms with E-state index in [4.69, 9.17) is 9.72 Å². The molecule has 9 nitrogen and oxygen atoms in total. The lowest BCUT2D eigenvalue weighted by atomic mass is 10.1. The van der Waals surface area contributed by atoms with Gasteiger partial charge in [0.1, 0.15) is 5.82 Å². The summed E-state index contributed by atoms with van der Waals surface area (Å²) in [5.41, 5.74) is 2.31. The Hall–Kier alpha value is -3.62. The molecule has 0 aliphatic rings. The molecule has 0 saturated heterocycles. The molecule has 3 aromatic rings. The lowest BCUT2D eigenvalue weighted by molar-refractivity contribution is -0.122. The molecule has 0 aliphatic carbocycles. The van der Waals surface area contributed by atoms with Gasteiger partial charge in [-0.1, -0.05) is 27.7 Å². The highest BCUT2D eigenvalue weighted by Crippen LogP contribution is 2.26. The van der Waals surface area contributed by atoms with Crippen molar-refractivity contribution in [1.82, 2.24) is 19.9 Å². The second-order valence-electron chi connectivity index (χ2n) is 7.71. The lowest BCUT2D eigenvalue weighted by Crippen LogP contribution is -2.27. The van der Waals surface area contributed by atoms with Gasteiger partial charge in [0.25, 0.3) is 11.5 Å². The van der Waals surface area contributed by atoms with E-state index in [9.17, 15) is 9.59 Å². The Morgan fingerprint density at radius 1 is 1.20 bits per heavy atom. The SMILES string of the molecule is CC.CCCN(CC)c1ncc(CC)c(Nc2ccc3c(c2)cc(OCC(=O)NC)c(=O)n3C)n1.[HH].[HH]. The molecule has 0 aliphatic heterocycles. The highest BCUT2D eigenvalue weighted by atomic mass is 16.5. The largest absolute Gasteiger partial charge is 0.478 e. The zero-order valence-electron chi connectivity index (χ0n) is 21.9. The third kappa shape index (κ3) is 6.71. The standard InChI is InChI=1S/C24H32N6O3.C2H6.2H2/c1-6-11-30(8-3)24-26-14-16(7-2)22(28-24)27-18-9-10-19-17(12-18)13-20(23(32)29(19)5)33-15-21(31)25-4;1-2;;/h9-10,12-14H,6-8,11,15H2,1-5H3,(H,25,31)(H,26,27,28);1-2H3;2*1H. The fourth-order valence-corrected chi connectivity index (χ4v) is 3.57. The van der Waals surface area contributed by atoms with Gasteiger partial charge in [-0.2, -0.15) is 4.98 Å². The minimum Gasteiger partial charge on any atom is -0.478 e. The zero-order valence-corrected chi connectivity index (χ0v) is 21.9. The van der Waals surface area contributed by atoms with Crippen LogP contribution in [0.3, 0.4) is 0 Å². The van der Waals surface area contributed by atoms with E-state index in [0.717, 1.165) is 53.9 Å². The first-order valence-corrected chi connectivity index (χ1v) is 12.3. The molecule has 2 aromatic heterocycles. The van der Waals surface area contributed by atoms with Crippen LogP contribution in [0.5, 0.6) is 5.75 Å². The monoisotopic (exact) mass is 486 g/mol. The van der Waals surface area contributed by atoms with Crippen molar-refractivity contribution in [3.8, 4) is 5.75 Å². The molecule has 2 heterocycles. The summed E-state index contributed by atoms with van der Waals surface area (Å²) in [5.74, 6) is 1.29. The first-order valence-electron chi connectivity index (χ1n) is 12.3. The number of nitrogens with zero attached hydrogens (tertiary/aromatic N) is 4. The fraction of sp³-hybridized carbons (Fsp3) is 0.462. The van der Waals surface area contributed by atoms with Gasteiger partial charge < -0.3 is 24.8 Å². The smallest absolute Gasteiger partial charge is 0.293 e. The van der Waals surface area contributed by atoms with Gasteiger partial charge in [-0.05, 0) is 44.0 Å². The zero-order chi connectivity index (χ0) is 26.0. The molecule has 0 radical (unpaired) electrons. The minimum atomic E-state index is -0.302.